The van der Waals surface area contributed by atoms with Gasteiger partial charge < -0.3 is 9.32 Å². The number of fused-ring (bicyclic) bond motifs is 1. The van der Waals surface area contributed by atoms with Gasteiger partial charge in [-0.05, 0) is 37.6 Å². The summed E-state index contributed by atoms with van der Waals surface area (Å²) in [5, 5.41) is 0.939. The summed E-state index contributed by atoms with van der Waals surface area (Å²) in [5.74, 6) is 0. The largest absolute Gasteiger partial charge is 0.422 e. The van der Waals surface area contributed by atoms with Crippen LogP contribution in [0.2, 0.25) is 0 Å². The summed E-state index contributed by atoms with van der Waals surface area (Å²) in [6.07, 6.45) is 0. The molecule has 0 spiro atoms. The van der Waals surface area contributed by atoms with Crippen LogP contribution in [-0.4, -0.2) is 13.1 Å². The molecule has 0 aliphatic heterocycles. The zero-order valence-electron chi connectivity index (χ0n) is 12.9. The van der Waals surface area contributed by atoms with Crippen LogP contribution >= 0.6 is 0 Å². The highest BCUT2D eigenvalue weighted by Crippen LogP contribution is 2.25. The molecule has 0 bridgehead atoms. The fraction of sp³-hybridized carbons (Fsp3) is 0.211. The zero-order valence-corrected chi connectivity index (χ0v) is 12.9. The maximum Gasteiger partial charge on any atom is 0.344 e. The van der Waals surface area contributed by atoms with Crippen molar-refractivity contribution in [2.75, 3.05) is 18.0 Å². The summed E-state index contributed by atoms with van der Waals surface area (Å²) in [5.41, 5.74) is 2.90. The molecule has 0 aliphatic carbocycles. The second kappa shape index (κ2) is 6.06. The van der Waals surface area contributed by atoms with E-state index in [2.05, 4.69) is 24.8 Å². The third-order valence-corrected chi connectivity index (χ3v) is 3.93. The lowest BCUT2D eigenvalue weighted by molar-refractivity contribution is 0.563. The van der Waals surface area contributed by atoms with Crippen molar-refractivity contribution in [1.82, 2.24) is 0 Å². The number of rotatable bonds is 4. The van der Waals surface area contributed by atoms with Gasteiger partial charge in [0.25, 0.3) is 0 Å². The van der Waals surface area contributed by atoms with E-state index in [1.54, 1.807) is 0 Å². The average molecular weight is 293 g/mol. The number of hydrogen-bond acceptors (Lipinski definition) is 3. The van der Waals surface area contributed by atoms with Gasteiger partial charge in [0.2, 0.25) is 0 Å². The van der Waals surface area contributed by atoms with E-state index < -0.39 is 0 Å². The van der Waals surface area contributed by atoms with Gasteiger partial charge in [0, 0.05) is 30.2 Å². The Bertz CT molecular complexity index is 833. The molecule has 112 valence electrons. The Hall–Kier alpha value is -2.55. The number of benzene rings is 2. The SMILES string of the molecule is CCN(CC)c1ccc2cc(-c3ccccc3)c(=O)oc2c1. The molecule has 0 aliphatic rings. The van der Waals surface area contributed by atoms with Crippen LogP contribution in [0.25, 0.3) is 22.1 Å². The monoisotopic (exact) mass is 293 g/mol. The third-order valence-electron chi connectivity index (χ3n) is 3.93. The summed E-state index contributed by atoms with van der Waals surface area (Å²) in [6, 6.07) is 17.5. The molecular formula is C19H19NO2. The lowest BCUT2D eigenvalue weighted by atomic mass is 10.1. The summed E-state index contributed by atoms with van der Waals surface area (Å²) in [6.45, 7) is 6.08. The molecule has 0 N–H and O–H groups in total. The molecule has 0 unspecified atom stereocenters. The molecule has 0 fully saturated rings. The first kappa shape index (κ1) is 14.4. The van der Waals surface area contributed by atoms with Gasteiger partial charge in [-0.3, -0.25) is 0 Å². The fourth-order valence-corrected chi connectivity index (χ4v) is 2.70. The summed E-state index contributed by atoms with van der Waals surface area (Å²) < 4.78 is 5.54. The van der Waals surface area contributed by atoms with Gasteiger partial charge in [0.05, 0.1) is 5.56 Å². The Morgan fingerprint density at radius 2 is 1.68 bits per heavy atom. The lowest BCUT2D eigenvalue weighted by Gasteiger charge is -2.21. The molecule has 22 heavy (non-hydrogen) atoms. The average Bonchev–Trinajstić information content (AvgIpc) is 2.56. The molecular weight excluding hydrogens is 274 g/mol. The Morgan fingerprint density at radius 3 is 2.36 bits per heavy atom. The van der Waals surface area contributed by atoms with Crippen molar-refractivity contribution in [3.63, 3.8) is 0 Å². The minimum absolute atomic E-state index is 0.296. The van der Waals surface area contributed by atoms with E-state index in [1.807, 2.05) is 48.5 Å². The fourth-order valence-electron chi connectivity index (χ4n) is 2.70. The highest BCUT2D eigenvalue weighted by molar-refractivity contribution is 5.84. The quantitative estimate of drug-likeness (QED) is 0.672. The van der Waals surface area contributed by atoms with Crippen molar-refractivity contribution in [3.8, 4) is 11.1 Å². The third kappa shape index (κ3) is 2.62. The Labute approximate surface area is 129 Å². The van der Waals surface area contributed by atoms with Crippen molar-refractivity contribution in [3.05, 3.63) is 65.0 Å². The van der Waals surface area contributed by atoms with Gasteiger partial charge in [-0.25, -0.2) is 4.79 Å². The standard InChI is InChI=1S/C19H19NO2/c1-3-20(4-2)16-11-10-15-12-17(14-8-6-5-7-9-14)19(21)22-18(15)13-16/h5-13H,3-4H2,1-2H3. The Balaban J connectivity index is 2.12. The van der Waals surface area contributed by atoms with Gasteiger partial charge in [-0.15, -0.1) is 0 Å². The van der Waals surface area contributed by atoms with Gasteiger partial charge in [-0.2, -0.15) is 0 Å². The van der Waals surface area contributed by atoms with Crippen LogP contribution in [0.15, 0.2) is 63.8 Å². The van der Waals surface area contributed by atoms with Crippen molar-refractivity contribution in [2.45, 2.75) is 13.8 Å². The van der Waals surface area contributed by atoms with Crippen molar-refractivity contribution < 1.29 is 4.42 Å². The molecule has 0 saturated carbocycles. The smallest absolute Gasteiger partial charge is 0.344 e. The number of anilines is 1. The maximum atomic E-state index is 12.3. The lowest BCUT2D eigenvalue weighted by Crippen LogP contribution is -2.21. The minimum Gasteiger partial charge on any atom is -0.422 e. The Kier molecular flexibility index (Phi) is 3.96. The van der Waals surface area contributed by atoms with Crippen molar-refractivity contribution >= 4 is 16.7 Å². The molecule has 3 nitrogen and oxygen atoms in total. The molecule has 3 rings (SSSR count). The number of nitrogens with zero attached hydrogens (tertiary/aromatic N) is 1. The van der Waals surface area contributed by atoms with E-state index in [-0.39, 0.29) is 5.63 Å². The van der Waals surface area contributed by atoms with Gasteiger partial charge in [0.15, 0.2) is 0 Å². The first-order chi connectivity index (χ1) is 10.7. The molecule has 1 aromatic heterocycles. The van der Waals surface area contributed by atoms with E-state index in [0.29, 0.717) is 11.1 Å². The second-order valence-corrected chi connectivity index (χ2v) is 5.21. The van der Waals surface area contributed by atoms with Gasteiger partial charge >= 0.3 is 5.63 Å². The second-order valence-electron chi connectivity index (χ2n) is 5.21. The molecule has 2 aromatic carbocycles. The van der Waals surface area contributed by atoms with Gasteiger partial charge in [-0.1, -0.05) is 30.3 Å². The van der Waals surface area contributed by atoms with Gasteiger partial charge in [0.1, 0.15) is 5.58 Å². The van der Waals surface area contributed by atoms with Crippen LogP contribution in [0.3, 0.4) is 0 Å². The molecule has 0 atom stereocenters. The van der Waals surface area contributed by atoms with Crippen LogP contribution in [-0.2, 0) is 0 Å². The summed E-state index contributed by atoms with van der Waals surface area (Å²) in [4.78, 5) is 14.5. The molecule has 0 saturated heterocycles. The predicted molar refractivity (Wildman–Crippen MR) is 91.5 cm³/mol. The molecule has 3 aromatic rings. The molecule has 1 heterocycles. The number of hydrogen-bond donors (Lipinski definition) is 0. The van der Waals surface area contributed by atoms with Crippen molar-refractivity contribution in [2.24, 2.45) is 0 Å². The predicted octanol–water partition coefficient (Wildman–Crippen LogP) is 4.31. The summed E-state index contributed by atoms with van der Waals surface area (Å²) >= 11 is 0. The minimum atomic E-state index is -0.296. The normalized spacial score (nSPS) is 10.8. The van der Waals surface area contributed by atoms with E-state index >= 15 is 0 Å². The Morgan fingerprint density at radius 1 is 0.955 bits per heavy atom. The topological polar surface area (TPSA) is 33.5 Å². The van der Waals surface area contributed by atoms with Crippen molar-refractivity contribution in [1.29, 1.82) is 0 Å². The first-order valence-electron chi connectivity index (χ1n) is 7.61. The molecule has 3 heteroatoms. The van der Waals surface area contributed by atoms with E-state index in [9.17, 15) is 4.79 Å². The van der Waals surface area contributed by atoms with Crippen LogP contribution < -0.4 is 10.5 Å². The highest BCUT2D eigenvalue weighted by Gasteiger charge is 2.09. The van der Waals surface area contributed by atoms with Crippen LogP contribution in [0, 0.1) is 0 Å². The van der Waals surface area contributed by atoms with Crippen LogP contribution in [0.4, 0.5) is 5.69 Å². The van der Waals surface area contributed by atoms with E-state index in [1.165, 1.54) is 0 Å². The van der Waals surface area contributed by atoms with Crippen LogP contribution in [0.1, 0.15) is 13.8 Å². The molecule has 0 amide bonds. The first-order valence-corrected chi connectivity index (χ1v) is 7.61. The zero-order chi connectivity index (χ0) is 15.5. The highest BCUT2D eigenvalue weighted by atomic mass is 16.4. The summed E-state index contributed by atoms with van der Waals surface area (Å²) in [7, 11) is 0. The maximum absolute atomic E-state index is 12.3. The molecule has 0 radical (unpaired) electrons. The van der Waals surface area contributed by atoms with Crippen LogP contribution in [0.5, 0.6) is 0 Å². The van der Waals surface area contributed by atoms with E-state index in [4.69, 9.17) is 4.42 Å². The van der Waals surface area contributed by atoms with E-state index in [0.717, 1.165) is 29.7 Å².